The highest BCUT2D eigenvalue weighted by Gasteiger charge is 2.23. The average molecular weight is 655 g/mol. The van der Waals surface area contributed by atoms with E-state index in [2.05, 4.69) is 55.6 Å². The van der Waals surface area contributed by atoms with Crippen molar-refractivity contribution in [2.75, 3.05) is 40.9 Å². The van der Waals surface area contributed by atoms with Crippen LogP contribution in [-0.2, 0) is 18.4 Å². The Kier molecular flexibility index (Phi) is 27.7. The summed E-state index contributed by atoms with van der Waals surface area (Å²) in [7, 11) is 1.22. The largest absolute Gasteiger partial charge is 0.756 e. The molecule has 0 spiro atoms. The summed E-state index contributed by atoms with van der Waals surface area (Å²) in [5.41, 5.74) is 0. The van der Waals surface area contributed by atoms with Gasteiger partial charge in [0.25, 0.3) is 7.82 Å². The molecule has 262 valence electrons. The Balaban J connectivity index is 4.66. The number of aliphatic hydroxyl groups excluding tert-OH is 1. The number of carbonyl (C=O) groups excluding carboxylic acids is 1. The minimum absolute atomic E-state index is 0.0113. The molecule has 0 bridgehead atoms. The highest BCUT2D eigenvalue weighted by Crippen LogP contribution is 2.38. The minimum atomic E-state index is -4.59. The molecule has 0 aliphatic rings. The van der Waals surface area contributed by atoms with Gasteiger partial charge in [-0.3, -0.25) is 9.36 Å². The quantitative estimate of drug-likeness (QED) is 0.0353. The Morgan fingerprint density at radius 3 is 2.02 bits per heavy atom. The molecule has 0 heterocycles. The molecular weight excluding hydrogens is 587 g/mol. The van der Waals surface area contributed by atoms with Crippen LogP contribution in [0.15, 0.2) is 48.6 Å². The van der Waals surface area contributed by atoms with Crippen LogP contribution in [-0.4, -0.2) is 68.5 Å². The topological polar surface area (TPSA) is 108 Å². The third kappa shape index (κ3) is 30.9. The van der Waals surface area contributed by atoms with E-state index in [0.29, 0.717) is 17.4 Å². The van der Waals surface area contributed by atoms with Crippen molar-refractivity contribution in [2.45, 2.75) is 135 Å². The Labute approximate surface area is 276 Å². The van der Waals surface area contributed by atoms with Crippen LogP contribution in [0.25, 0.3) is 0 Å². The van der Waals surface area contributed by atoms with Crippen LogP contribution in [0.1, 0.15) is 123 Å². The number of rotatable bonds is 30. The fourth-order valence-electron chi connectivity index (χ4n) is 4.38. The van der Waals surface area contributed by atoms with Crippen LogP contribution in [0, 0.1) is 0 Å². The molecule has 0 aliphatic heterocycles. The molecule has 0 aromatic rings. The molecule has 3 atom stereocenters. The van der Waals surface area contributed by atoms with Crippen molar-refractivity contribution in [1.82, 2.24) is 5.32 Å². The molecule has 3 unspecified atom stereocenters. The minimum Gasteiger partial charge on any atom is -0.756 e. The number of hydrogen-bond acceptors (Lipinski definition) is 6. The summed E-state index contributed by atoms with van der Waals surface area (Å²) in [5, 5.41) is 13.6. The number of quaternary nitrogens is 1. The number of phosphoric ester groups is 1. The van der Waals surface area contributed by atoms with Crippen molar-refractivity contribution in [1.29, 1.82) is 0 Å². The summed E-state index contributed by atoms with van der Waals surface area (Å²) < 4.78 is 23.0. The monoisotopic (exact) mass is 654 g/mol. The molecule has 0 fully saturated rings. The maximum absolute atomic E-state index is 12.7. The van der Waals surface area contributed by atoms with E-state index in [1.165, 1.54) is 32.1 Å². The van der Waals surface area contributed by atoms with E-state index in [1.54, 1.807) is 6.08 Å². The zero-order chi connectivity index (χ0) is 33.7. The van der Waals surface area contributed by atoms with Crippen molar-refractivity contribution in [2.24, 2.45) is 0 Å². The lowest BCUT2D eigenvalue weighted by molar-refractivity contribution is -0.870. The van der Waals surface area contributed by atoms with Crippen LogP contribution in [0.3, 0.4) is 0 Å². The predicted molar refractivity (Wildman–Crippen MR) is 187 cm³/mol. The Morgan fingerprint density at radius 2 is 1.36 bits per heavy atom. The SMILES string of the molecule is CCC/C=C\C/C=C\CCCCCCCC(=O)NC(COP(=O)([O-])OCC[N+](C)(C)C)C(O)/C=C/CC/C=C/CCCCCC. The maximum Gasteiger partial charge on any atom is 0.268 e. The van der Waals surface area contributed by atoms with Crippen molar-refractivity contribution in [3.8, 4) is 0 Å². The molecule has 8 nitrogen and oxygen atoms in total. The molecule has 0 aromatic carbocycles. The van der Waals surface area contributed by atoms with E-state index < -0.39 is 26.6 Å². The van der Waals surface area contributed by atoms with E-state index in [0.717, 1.165) is 70.6 Å². The number of unbranched alkanes of at least 4 members (excludes halogenated alkanes) is 11. The summed E-state index contributed by atoms with van der Waals surface area (Å²) >= 11 is 0. The van der Waals surface area contributed by atoms with Gasteiger partial charge in [-0.1, -0.05) is 107 Å². The molecule has 2 N–H and O–H groups in total. The van der Waals surface area contributed by atoms with Gasteiger partial charge in [-0.2, -0.15) is 0 Å². The molecular formula is C36H67N2O6P. The van der Waals surface area contributed by atoms with Gasteiger partial charge in [0, 0.05) is 6.42 Å². The second-order valence-corrected chi connectivity index (χ2v) is 14.3. The summed E-state index contributed by atoms with van der Waals surface area (Å²) in [5.74, 6) is -0.229. The van der Waals surface area contributed by atoms with Crippen LogP contribution < -0.4 is 10.2 Å². The first-order valence-corrected chi connectivity index (χ1v) is 19.0. The zero-order valence-corrected chi connectivity index (χ0v) is 30.2. The Morgan fingerprint density at radius 1 is 0.778 bits per heavy atom. The number of hydrogen-bond donors (Lipinski definition) is 2. The van der Waals surface area contributed by atoms with Gasteiger partial charge >= 0.3 is 0 Å². The van der Waals surface area contributed by atoms with Gasteiger partial charge in [-0.25, -0.2) is 0 Å². The molecule has 0 aromatic heterocycles. The van der Waals surface area contributed by atoms with E-state index in [-0.39, 0.29) is 12.5 Å². The third-order valence-corrected chi connectivity index (χ3v) is 8.21. The van der Waals surface area contributed by atoms with E-state index >= 15 is 0 Å². The van der Waals surface area contributed by atoms with Crippen LogP contribution >= 0.6 is 7.82 Å². The van der Waals surface area contributed by atoms with Gasteiger partial charge in [-0.15, -0.1) is 0 Å². The number of amides is 1. The first-order chi connectivity index (χ1) is 21.5. The smallest absolute Gasteiger partial charge is 0.268 e. The Hall–Kier alpha value is -1.54. The lowest BCUT2D eigenvalue weighted by Gasteiger charge is -2.29. The predicted octanol–water partition coefficient (Wildman–Crippen LogP) is 7.94. The first kappa shape index (κ1) is 43.5. The molecule has 9 heteroatoms. The average Bonchev–Trinajstić information content (AvgIpc) is 2.97. The van der Waals surface area contributed by atoms with Crippen molar-refractivity contribution in [3.05, 3.63) is 48.6 Å². The summed E-state index contributed by atoms with van der Waals surface area (Å²) in [6.07, 6.45) is 33.0. The normalized spacial score (nSPS) is 15.4. The van der Waals surface area contributed by atoms with Crippen LogP contribution in [0.2, 0.25) is 0 Å². The van der Waals surface area contributed by atoms with Crippen molar-refractivity contribution < 1.29 is 32.9 Å². The number of aliphatic hydroxyl groups is 1. The van der Waals surface area contributed by atoms with Crippen molar-refractivity contribution in [3.63, 3.8) is 0 Å². The fraction of sp³-hybridized carbons (Fsp3) is 0.750. The standard InChI is InChI=1S/C36H67N2O6P/c1-6-8-10-12-14-16-18-19-20-22-24-26-28-30-36(40)37-34(33-44-45(41,42)43-32-31-38(3,4)5)35(39)29-27-25-23-21-17-15-13-11-9-7-2/h10,12,16-18,21,27,29,34-35,39H,6-9,11,13-15,19-20,22-26,28,30-33H2,1-5H3,(H-,37,40,41,42)/b12-10-,18-16-,21-17+,29-27+. The number of likely N-dealkylation sites (N-methyl/N-ethyl adjacent to an activating group) is 1. The van der Waals surface area contributed by atoms with Gasteiger partial charge in [-0.05, 0) is 57.8 Å². The van der Waals surface area contributed by atoms with Crippen molar-refractivity contribution >= 4 is 13.7 Å². The van der Waals surface area contributed by atoms with Crippen LogP contribution in [0.4, 0.5) is 0 Å². The van der Waals surface area contributed by atoms with E-state index in [4.69, 9.17) is 9.05 Å². The molecule has 0 rings (SSSR count). The third-order valence-electron chi connectivity index (χ3n) is 7.24. The Bertz CT molecular complexity index is 881. The van der Waals surface area contributed by atoms with E-state index in [9.17, 15) is 19.4 Å². The highest BCUT2D eigenvalue weighted by atomic mass is 31.2. The first-order valence-electron chi connectivity index (χ1n) is 17.5. The summed E-state index contributed by atoms with van der Waals surface area (Å²) in [6, 6.07) is -0.907. The molecule has 0 saturated heterocycles. The number of allylic oxidation sites excluding steroid dienone is 7. The highest BCUT2D eigenvalue weighted by molar-refractivity contribution is 7.45. The zero-order valence-electron chi connectivity index (χ0n) is 29.3. The molecule has 45 heavy (non-hydrogen) atoms. The number of carbonyl (C=O) groups is 1. The van der Waals surface area contributed by atoms with Crippen LogP contribution in [0.5, 0.6) is 0 Å². The van der Waals surface area contributed by atoms with E-state index in [1.807, 2.05) is 27.2 Å². The van der Waals surface area contributed by atoms with Gasteiger partial charge in [0.15, 0.2) is 0 Å². The lowest BCUT2D eigenvalue weighted by atomic mass is 10.1. The summed E-state index contributed by atoms with van der Waals surface area (Å²) in [4.78, 5) is 25.0. The fourth-order valence-corrected chi connectivity index (χ4v) is 5.10. The number of phosphoric acid groups is 1. The second kappa shape index (κ2) is 28.7. The molecule has 0 saturated carbocycles. The maximum atomic E-state index is 12.7. The lowest BCUT2D eigenvalue weighted by Crippen LogP contribution is -2.45. The van der Waals surface area contributed by atoms with Gasteiger partial charge in [0.05, 0.1) is 39.9 Å². The van der Waals surface area contributed by atoms with Gasteiger partial charge in [0.1, 0.15) is 13.2 Å². The summed E-state index contributed by atoms with van der Waals surface area (Å²) in [6.45, 7) is 4.46. The van der Waals surface area contributed by atoms with Gasteiger partial charge in [0.2, 0.25) is 5.91 Å². The number of nitrogens with one attached hydrogen (secondary N) is 1. The second-order valence-electron chi connectivity index (χ2n) is 12.9. The van der Waals surface area contributed by atoms with Gasteiger partial charge < -0.3 is 28.8 Å². The molecule has 0 radical (unpaired) electrons. The molecule has 0 aliphatic carbocycles. The molecule has 1 amide bonds. The number of nitrogens with zero attached hydrogens (tertiary/aromatic N) is 1.